The lowest BCUT2D eigenvalue weighted by Gasteiger charge is -2.12. The number of allylic oxidation sites excluding steroid dienone is 1. The molecule has 0 aliphatic rings. The predicted molar refractivity (Wildman–Crippen MR) is 145 cm³/mol. The molecule has 35 heavy (non-hydrogen) atoms. The molecule has 6 aromatic rings. The number of H-pyrrole nitrogens is 2. The van der Waals surface area contributed by atoms with Gasteiger partial charge < -0.3 is 9.88 Å². The lowest BCUT2D eigenvalue weighted by molar-refractivity contribution is 1.11. The number of thiophene rings is 1. The Balaban J connectivity index is 1.46. The minimum atomic E-state index is 0.844. The van der Waals surface area contributed by atoms with Gasteiger partial charge in [-0.2, -0.15) is 5.10 Å². The quantitative estimate of drug-likeness (QED) is 0.300. The van der Waals surface area contributed by atoms with Gasteiger partial charge in [0.15, 0.2) is 0 Å². The van der Waals surface area contributed by atoms with Crippen LogP contribution in [0.2, 0.25) is 0 Å². The monoisotopic (exact) mass is 477 g/mol. The summed E-state index contributed by atoms with van der Waals surface area (Å²) >= 11 is 1.71. The first kappa shape index (κ1) is 21.2. The van der Waals surface area contributed by atoms with Gasteiger partial charge in [-0.3, -0.25) is 20.1 Å². The van der Waals surface area contributed by atoms with Gasteiger partial charge in [-0.05, 0) is 48.9 Å². The first-order valence-electron chi connectivity index (χ1n) is 11.2. The lowest BCUT2D eigenvalue weighted by Crippen LogP contribution is -2.08. The van der Waals surface area contributed by atoms with Crippen LogP contribution in [0.5, 0.6) is 0 Å². The zero-order valence-corrected chi connectivity index (χ0v) is 20.4. The second-order valence-electron chi connectivity index (χ2n) is 8.76. The van der Waals surface area contributed by atoms with E-state index in [0.29, 0.717) is 0 Å². The molecule has 0 aliphatic carbocycles. The number of fused-ring (bicyclic) bond motifs is 2. The summed E-state index contributed by atoms with van der Waals surface area (Å²) in [4.78, 5) is 21.6. The van der Waals surface area contributed by atoms with Crippen LogP contribution in [0, 0.1) is 0 Å². The molecule has 0 spiro atoms. The fraction of sp³-hybridized carbons (Fsp3) is 0.111. The predicted octanol–water partition coefficient (Wildman–Crippen LogP) is 6.39. The minimum absolute atomic E-state index is 0.844. The lowest BCUT2D eigenvalue weighted by atomic mass is 10.1. The molecule has 2 N–H and O–H groups in total. The van der Waals surface area contributed by atoms with Crippen LogP contribution in [0.1, 0.15) is 11.8 Å². The Bertz CT molecular complexity index is 1720. The van der Waals surface area contributed by atoms with E-state index in [1.165, 1.54) is 4.88 Å². The van der Waals surface area contributed by atoms with Gasteiger partial charge in [0.25, 0.3) is 0 Å². The maximum Gasteiger partial charge on any atom is 0.116 e. The average molecular weight is 478 g/mol. The Hall–Kier alpha value is -4.30. The molecule has 0 atom stereocenters. The van der Waals surface area contributed by atoms with Gasteiger partial charge in [0.1, 0.15) is 5.69 Å². The van der Waals surface area contributed by atoms with Crippen LogP contribution in [0.15, 0.2) is 67.8 Å². The van der Waals surface area contributed by atoms with Crippen LogP contribution < -0.4 is 4.90 Å². The highest BCUT2D eigenvalue weighted by Gasteiger charge is 2.16. The average Bonchev–Trinajstić information content (AvgIpc) is 3.61. The molecule has 0 fully saturated rings. The van der Waals surface area contributed by atoms with E-state index in [0.717, 1.165) is 66.3 Å². The van der Waals surface area contributed by atoms with E-state index in [1.807, 2.05) is 56.8 Å². The summed E-state index contributed by atoms with van der Waals surface area (Å²) in [5.41, 5.74) is 8.50. The first-order valence-corrected chi connectivity index (χ1v) is 12.0. The topological polar surface area (TPSA) is 86.4 Å². The van der Waals surface area contributed by atoms with E-state index in [2.05, 4.69) is 62.1 Å². The number of nitrogens with one attached hydrogen (secondary N) is 2. The Morgan fingerprint density at radius 3 is 2.60 bits per heavy atom. The molecular formula is C27H23N7S. The van der Waals surface area contributed by atoms with Crippen molar-refractivity contribution >= 4 is 44.4 Å². The van der Waals surface area contributed by atoms with Gasteiger partial charge in [-0.1, -0.05) is 6.58 Å². The summed E-state index contributed by atoms with van der Waals surface area (Å²) in [6, 6.07) is 12.5. The highest BCUT2D eigenvalue weighted by Crippen LogP contribution is 2.37. The van der Waals surface area contributed by atoms with Crippen LogP contribution in [0.4, 0.5) is 5.69 Å². The van der Waals surface area contributed by atoms with Crippen LogP contribution in [-0.4, -0.2) is 44.2 Å². The van der Waals surface area contributed by atoms with Crippen molar-refractivity contribution in [3.05, 3.63) is 72.6 Å². The van der Waals surface area contributed by atoms with Crippen molar-refractivity contribution in [3.8, 4) is 33.2 Å². The second-order valence-corrected chi connectivity index (χ2v) is 9.85. The molecule has 0 radical (unpaired) electrons. The maximum atomic E-state index is 4.69. The van der Waals surface area contributed by atoms with Crippen LogP contribution in [0.3, 0.4) is 0 Å². The Labute approximate surface area is 206 Å². The summed E-state index contributed by atoms with van der Waals surface area (Å²) in [7, 11) is 4.00. The third kappa shape index (κ3) is 3.68. The van der Waals surface area contributed by atoms with Crippen molar-refractivity contribution in [1.29, 1.82) is 0 Å². The molecule has 6 heterocycles. The Morgan fingerprint density at radius 2 is 1.80 bits per heavy atom. The number of nitrogens with zero attached hydrogens (tertiary/aromatic N) is 5. The van der Waals surface area contributed by atoms with Crippen molar-refractivity contribution < 1.29 is 0 Å². The molecule has 0 unspecified atom stereocenters. The van der Waals surface area contributed by atoms with Gasteiger partial charge in [-0.15, -0.1) is 11.3 Å². The van der Waals surface area contributed by atoms with E-state index in [9.17, 15) is 0 Å². The normalized spacial score (nSPS) is 11.4. The minimum Gasteiger partial charge on any atom is -0.376 e. The van der Waals surface area contributed by atoms with Gasteiger partial charge in [-0.25, -0.2) is 0 Å². The van der Waals surface area contributed by atoms with Crippen molar-refractivity contribution in [2.75, 3.05) is 19.0 Å². The van der Waals surface area contributed by atoms with E-state index < -0.39 is 0 Å². The van der Waals surface area contributed by atoms with Gasteiger partial charge in [0.05, 0.1) is 45.6 Å². The third-order valence-electron chi connectivity index (χ3n) is 6.05. The number of pyridine rings is 3. The number of aromatic amines is 2. The molecule has 8 heteroatoms. The molecule has 0 bridgehead atoms. The molecule has 0 aliphatic heterocycles. The summed E-state index contributed by atoms with van der Waals surface area (Å²) in [5.74, 6) is 0. The zero-order valence-electron chi connectivity index (χ0n) is 19.6. The number of rotatable bonds is 5. The van der Waals surface area contributed by atoms with E-state index in [-0.39, 0.29) is 0 Å². The fourth-order valence-electron chi connectivity index (χ4n) is 4.16. The Kier molecular flexibility index (Phi) is 4.96. The molecule has 0 saturated heterocycles. The zero-order chi connectivity index (χ0) is 24.1. The van der Waals surface area contributed by atoms with Gasteiger partial charge in [0.2, 0.25) is 0 Å². The first-order chi connectivity index (χ1) is 17.0. The molecule has 6 aromatic heterocycles. The molecular weight excluding hydrogens is 454 g/mol. The van der Waals surface area contributed by atoms with Crippen LogP contribution >= 0.6 is 11.3 Å². The molecule has 7 nitrogen and oxygen atoms in total. The smallest absolute Gasteiger partial charge is 0.116 e. The SMILES string of the molecule is C=C(C)c1ccc(-c2nccc3[nH]c(-c4n[nH]c5cnc(-c6cncc(N(C)C)c6)cc45)cc23)s1. The molecule has 0 saturated carbocycles. The van der Waals surface area contributed by atoms with E-state index in [1.54, 1.807) is 11.3 Å². The highest BCUT2D eigenvalue weighted by atomic mass is 32.1. The number of hydrogen-bond donors (Lipinski definition) is 2. The van der Waals surface area contributed by atoms with Crippen molar-refractivity contribution in [3.63, 3.8) is 0 Å². The number of aromatic nitrogens is 6. The second kappa shape index (κ2) is 8.18. The summed E-state index contributed by atoms with van der Waals surface area (Å²) in [6.45, 7) is 6.09. The standard InChI is InChI=1S/C27H23N7S/c1-15(2)24-5-6-25(35-24)27-18-11-22(31-20(18)7-8-29-27)26-19-10-21(30-14-23(19)32-33-26)16-9-17(34(3)4)13-28-12-16/h5-14,31H,1H2,2-4H3,(H,32,33). The molecule has 172 valence electrons. The largest absolute Gasteiger partial charge is 0.376 e. The summed E-state index contributed by atoms with van der Waals surface area (Å²) in [5, 5.41) is 9.80. The summed E-state index contributed by atoms with van der Waals surface area (Å²) < 4.78 is 0. The Morgan fingerprint density at radius 1 is 0.943 bits per heavy atom. The van der Waals surface area contributed by atoms with E-state index in [4.69, 9.17) is 4.98 Å². The summed E-state index contributed by atoms with van der Waals surface area (Å²) in [6.07, 6.45) is 7.34. The molecule has 6 rings (SSSR count). The van der Waals surface area contributed by atoms with Crippen molar-refractivity contribution in [2.24, 2.45) is 0 Å². The number of hydrogen-bond acceptors (Lipinski definition) is 6. The highest BCUT2D eigenvalue weighted by molar-refractivity contribution is 7.16. The van der Waals surface area contributed by atoms with E-state index >= 15 is 0 Å². The van der Waals surface area contributed by atoms with Crippen LogP contribution in [-0.2, 0) is 0 Å². The molecule has 0 aromatic carbocycles. The fourth-order valence-corrected chi connectivity index (χ4v) is 5.11. The van der Waals surface area contributed by atoms with Crippen LogP contribution in [0.25, 0.3) is 60.6 Å². The maximum absolute atomic E-state index is 4.69. The van der Waals surface area contributed by atoms with Crippen molar-refractivity contribution in [2.45, 2.75) is 6.92 Å². The molecule has 0 amide bonds. The van der Waals surface area contributed by atoms with Crippen molar-refractivity contribution in [1.82, 2.24) is 30.1 Å². The van der Waals surface area contributed by atoms with Gasteiger partial charge >= 0.3 is 0 Å². The van der Waals surface area contributed by atoms with Gasteiger partial charge in [0, 0.05) is 53.2 Å². The number of anilines is 1. The third-order valence-corrected chi connectivity index (χ3v) is 7.30.